The van der Waals surface area contributed by atoms with E-state index in [0.717, 1.165) is 12.8 Å². The summed E-state index contributed by atoms with van der Waals surface area (Å²) in [6.07, 6.45) is 2.66. The van der Waals surface area contributed by atoms with E-state index in [1.54, 1.807) is 12.1 Å². The number of hydrogen-bond acceptors (Lipinski definition) is 7. The third-order valence-electron chi connectivity index (χ3n) is 6.58. The van der Waals surface area contributed by atoms with Gasteiger partial charge in [-0.1, -0.05) is 0 Å². The molecule has 0 aromatic heterocycles. The average Bonchev–Trinajstić information content (AvgIpc) is 3.45. The first-order valence-electron chi connectivity index (χ1n) is 11.8. The number of piperidine rings is 1. The number of sulfonamides is 2. The number of amides is 1. The van der Waals surface area contributed by atoms with Crippen molar-refractivity contribution in [2.45, 2.75) is 35.5 Å². The minimum absolute atomic E-state index is 0.0221. The first kappa shape index (κ1) is 26.4. The van der Waals surface area contributed by atoms with E-state index in [1.807, 2.05) is 0 Å². The van der Waals surface area contributed by atoms with E-state index in [0.29, 0.717) is 44.0 Å². The van der Waals surface area contributed by atoms with Gasteiger partial charge in [0.05, 0.1) is 35.6 Å². The number of carbonyl (C=O) groups excluding carboxylic acids is 1. The maximum atomic E-state index is 13.2. The standard InChI is InChI=1S/C24H31N3O7S2/c1-33-19-7-9-20(10-8-19)35(29,30)27-15-5-6-18(17-27)24(28)25-22-16-21(11-12-23(22)34-2)36(31,32)26-13-3-4-14-26/h7-12,16,18H,3-6,13-15,17H2,1-2H3,(H,25,28)/t18-/m1/s1. The van der Waals surface area contributed by atoms with Crippen molar-refractivity contribution in [3.8, 4) is 11.5 Å². The largest absolute Gasteiger partial charge is 0.497 e. The van der Waals surface area contributed by atoms with Crippen molar-refractivity contribution < 1.29 is 31.1 Å². The predicted molar refractivity (Wildman–Crippen MR) is 134 cm³/mol. The summed E-state index contributed by atoms with van der Waals surface area (Å²) in [7, 11) is -4.53. The van der Waals surface area contributed by atoms with Gasteiger partial charge in [0.1, 0.15) is 11.5 Å². The molecule has 2 fully saturated rings. The molecule has 12 heteroatoms. The lowest BCUT2D eigenvalue weighted by atomic mass is 9.98. The number of rotatable bonds is 8. The summed E-state index contributed by atoms with van der Waals surface area (Å²) >= 11 is 0. The minimum Gasteiger partial charge on any atom is -0.497 e. The van der Waals surface area contributed by atoms with E-state index < -0.39 is 31.9 Å². The smallest absolute Gasteiger partial charge is 0.243 e. The number of nitrogens with one attached hydrogen (secondary N) is 1. The molecule has 2 aromatic carbocycles. The number of anilines is 1. The fraction of sp³-hybridized carbons (Fsp3) is 0.458. The SMILES string of the molecule is COc1ccc(S(=O)(=O)N2CCC[C@@H](C(=O)Nc3cc(S(=O)(=O)N4CCCC4)ccc3OC)C2)cc1. The highest BCUT2D eigenvalue weighted by molar-refractivity contribution is 7.89. The van der Waals surface area contributed by atoms with Gasteiger partial charge < -0.3 is 14.8 Å². The van der Waals surface area contributed by atoms with Gasteiger partial charge >= 0.3 is 0 Å². The van der Waals surface area contributed by atoms with Crippen LogP contribution < -0.4 is 14.8 Å². The van der Waals surface area contributed by atoms with Gasteiger partial charge in [-0.3, -0.25) is 4.79 Å². The number of carbonyl (C=O) groups is 1. The molecule has 10 nitrogen and oxygen atoms in total. The lowest BCUT2D eigenvalue weighted by molar-refractivity contribution is -0.120. The van der Waals surface area contributed by atoms with E-state index in [4.69, 9.17) is 9.47 Å². The topological polar surface area (TPSA) is 122 Å². The zero-order valence-electron chi connectivity index (χ0n) is 20.3. The minimum atomic E-state index is -3.79. The molecule has 196 valence electrons. The van der Waals surface area contributed by atoms with Crippen molar-refractivity contribution >= 4 is 31.6 Å². The second-order valence-corrected chi connectivity index (χ2v) is 12.7. The molecule has 0 aliphatic carbocycles. The molecule has 2 aromatic rings. The lowest BCUT2D eigenvalue weighted by Gasteiger charge is -2.31. The maximum absolute atomic E-state index is 13.2. The molecule has 1 atom stereocenters. The van der Waals surface area contributed by atoms with Crippen LogP contribution in [0.2, 0.25) is 0 Å². The van der Waals surface area contributed by atoms with E-state index in [2.05, 4.69) is 5.32 Å². The van der Waals surface area contributed by atoms with Gasteiger partial charge in [-0.25, -0.2) is 16.8 Å². The van der Waals surface area contributed by atoms with Crippen LogP contribution in [0.15, 0.2) is 52.3 Å². The van der Waals surface area contributed by atoms with Crippen LogP contribution in [-0.4, -0.2) is 71.8 Å². The predicted octanol–water partition coefficient (Wildman–Crippen LogP) is 2.53. The highest BCUT2D eigenvalue weighted by atomic mass is 32.2. The Morgan fingerprint density at radius 3 is 2.08 bits per heavy atom. The van der Waals surface area contributed by atoms with Crippen LogP contribution in [0.3, 0.4) is 0 Å². The number of ether oxygens (including phenoxy) is 2. The van der Waals surface area contributed by atoms with Crippen LogP contribution >= 0.6 is 0 Å². The molecule has 1 amide bonds. The molecule has 2 heterocycles. The van der Waals surface area contributed by atoms with Gasteiger partial charge in [0, 0.05) is 26.2 Å². The first-order valence-corrected chi connectivity index (χ1v) is 14.7. The Morgan fingerprint density at radius 2 is 1.44 bits per heavy atom. The Bertz CT molecular complexity index is 1310. The second kappa shape index (κ2) is 10.8. The van der Waals surface area contributed by atoms with Gasteiger partial charge in [-0.15, -0.1) is 0 Å². The van der Waals surface area contributed by atoms with E-state index >= 15 is 0 Å². The molecule has 2 aliphatic heterocycles. The molecule has 2 aliphatic rings. The number of nitrogens with zero attached hydrogens (tertiary/aromatic N) is 2. The zero-order valence-corrected chi connectivity index (χ0v) is 22.0. The fourth-order valence-electron chi connectivity index (χ4n) is 4.53. The summed E-state index contributed by atoms with van der Waals surface area (Å²) in [6.45, 7) is 1.27. The average molecular weight is 538 g/mol. The summed E-state index contributed by atoms with van der Waals surface area (Å²) in [4.78, 5) is 13.4. The summed E-state index contributed by atoms with van der Waals surface area (Å²) < 4.78 is 65.5. The van der Waals surface area contributed by atoms with Gasteiger partial charge in [-0.05, 0) is 68.1 Å². The van der Waals surface area contributed by atoms with Crippen molar-refractivity contribution in [1.82, 2.24) is 8.61 Å². The van der Waals surface area contributed by atoms with Gasteiger partial charge in [0.2, 0.25) is 26.0 Å². The molecule has 0 saturated carbocycles. The highest BCUT2D eigenvalue weighted by Gasteiger charge is 2.34. The summed E-state index contributed by atoms with van der Waals surface area (Å²) in [5.41, 5.74) is 0.234. The molecule has 0 bridgehead atoms. The molecular formula is C24H31N3O7S2. The van der Waals surface area contributed by atoms with Crippen LogP contribution in [0.5, 0.6) is 11.5 Å². The molecule has 36 heavy (non-hydrogen) atoms. The Labute approximate surface area is 212 Å². The van der Waals surface area contributed by atoms with Gasteiger partial charge in [-0.2, -0.15) is 8.61 Å². The molecular weight excluding hydrogens is 506 g/mol. The molecule has 0 radical (unpaired) electrons. The molecule has 1 N–H and O–H groups in total. The second-order valence-electron chi connectivity index (χ2n) is 8.84. The van der Waals surface area contributed by atoms with Crippen molar-refractivity contribution in [3.63, 3.8) is 0 Å². The van der Waals surface area contributed by atoms with E-state index in [1.165, 1.54) is 53.2 Å². The van der Waals surface area contributed by atoms with Crippen LogP contribution in [0.1, 0.15) is 25.7 Å². The summed E-state index contributed by atoms with van der Waals surface area (Å²) in [6, 6.07) is 10.5. The zero-order chi connectivity index (χ0) is 25.9. The molecule has 2 saturated heterocycles. The molecule has 0 unspecified atom stereocenters. The highest BCUT2D eigenvalue weighted by Crippen LogP contribution is 2.32. The maximum Gasteiger partial charge on any atom is 0.243 e. The number of methoxy groups -OCH3 is 2. The number of benzene rings is 2. The third kappa shape index (κ3) is 5.36. The fourth-order valence-corrected chi connectivity index (χ4v) is 7.60. The summed E-state index contributed by atoms with van der Waals surface area (Å²) in [5.74, 6) is -0.121. The Kier molecular flexibility index (Phi) is 7.88. The normalized spacial score (nSPS) is 19.7. The first-order chi connectivity index (χ1) is 17.2. The summed E-state index contributed by atoms with van der Waals surface area (Å²) in [5, 5.41) is 2.78. The van der Waals surface area contributed by atoms with Crippen molar-refractivity contribution in [2.24, 2.45) is 5.92 Å². The number of hydrogen-bond donors (Lipinski definition) is 1. The third-order valence-corrected chi connectivity index (χ3v) is 10.4. The van der Waals surface area contributed by atoms with Crippen LogP contribution in [-0.2, 0) is 24.8 Å². The Morgan fingerprint density at radius 1 is 0.833 bits per heavy atom. The van der Waals surface area contributed by atoms with E-state index in [9.17, 15) is 21.6 Å². The lowest BCUT2D eigenvalue weighted by Crippen LogP contribution is -2.43. The van der Waals surface area contributed by atoms with Crippen molar-refractivity contribution in [1.29, 1.82) is 0 Å². The Balaban J connectivity index is 1.51. The van der Waals surface area contributed by atoms with Gasteiger partial charge in [0.15, 0.2) is 0 Å². The molecule has 0 spiro atoms. The van der Waals surface area contributed by atoms with E-state index in [-0.39, 0.29) is 22.0 Å². The van der Waals surface area contributed by atoms with Crippen LogP contribution in [0.25, 0.3) is 0 Å². The van der Waals surface area contributed by atoms with Crippen molar-refractivity contribution in [2.75, 3.05) is 45.7 Å². The Hall–Kier alpha value is -2.67. The van der Waals surface area contributed by atoms with Crippen LogP contribution in [0.4, 0.5) is 5.69 Å². The van der Waals surface area contributed by atoms with Gasteiger partial charge in [0.25, 0.3) is 0 Å². The quantitative estimate of drug-likeness (QED) is 0.549. The van der Waals surface area contributed by atoms with Crippen LogP contribution in [0, 0.1) is 5.92 Å². The van der Waals surface area contributed by atoms with Crippen molar-refractivity contribution in [3.05, 3.63) is 42.5 Å². The molecule has 4 rings (SSSR count). The monoisotopic (exact) mass is 537 g/mol.